The van der Waals surface area contributed by atoms with Crippen LogP contribution in [-0.2, 0) is 11.3 Å². The standard InChI is InChI=1S/C19H23ClN4O/c20-17-4-2-1-3-13(17)11-24-19-16(10-22-24)15(9-18(25)23-19)12-5-7-14(21)8-6-12/h1-4,10,12,14-15H,5-9,11,21H2,(H,23,25)/t12?,14?,15-/m1/s1. The molecule has 1 fully saturated rings. The number of anilines is 1. The molecule has 0 unspecified atom stereocenters. The number of hydrogen-bond donors (Lipinski definition) is 2. The maximum Gasteiger partial charge on any atom is 0.226 e. The van der Waals surface area contributed by atoms with Crippen molar-refractivity contribution >= 4 is 23.3 Å². The highest BCUT2D eigenvalue weighted by atomic mass is 35.5. The normalized spacial score (nSPS) is 26.2. The summed E-state index contributed by atoms with van der Waals surface area (Å²) in [5.74, 6) is 1.67. The molecule has 2 aliphatic rings. The predicted molar refractivity (Wildman–Crippen MR) is 98.7 cm³/mol. The monoisotopic (exact) mass is 358 g/mol. The van der Waals surface area contributed by atoms with E-state index in [1.54, 1.807) is 0 Å². The summed E-state index contributed by atoms with van der Waals surface area (Å²) in [7, 11) is 0. The van der Waals surface area contributed by atoms with Gasteiger partial charge in [0.15, 0.2) is 0 Å². The van der Waals surface area contributed by atoms with Gasteiger partial charge in [-0.3, -0.25) is 4.79 Å². The van der Waals surface area contributed by atoms with Gasteiger partial charge < -0.3 is 11.1 Å². The van der Waals surface area contributed by atoms with Gasteiger partial charge in [0.25, 0.3) is 0 Å². The van der Waals surface area contributed by atoms with E-state index in [2.05, 4.69) is 10.4 Å². The van der Waals surface area contributed by atoms with Crippen molar-refractivity contribution in [1.82, 2.24) is 9.78 Å². The molecule has 1 aromatic carbocycles. The van der Waals surface area contributed by atoms with Crippen molar-refractivity contribution in [3.63, 3.8) is 0 Å². The molecule has 25 heavy (non-hydrogen) atoms. The Morgan fingerprint density at radius 1 is 1.24 bits per heavy atom. The molecule has 1 atom stereocenters. The largest absolute Gasteiger partial charge is 0.328 e. The molecule has 2 heterocycles. The lowest BCUT2D eigenvalue weighted by atomic mass is 9.73. The van der Waals surface area contributed by atoms with Gasteiger partial charge in [0, 0.05) is 29.0 Å². The van der Waals surface area contributed by atoms with E-state index in [1.807, 2.05) is 35.1 Å². The number of nitrogens with zero attached hydrogens (tertiary/aromatic N) is 2. The Kier molecular flexibility index (Phi) is 4.52. The Balaban J connectivity index is 1.61. The molecule has 2 aromatic rings. The van der Waals surface area contributed by atoms with E-state index >= 15 is 0 Å². The molecule has 4 rings (SSSR count). The molecule has 1 aliphatic carbocycles. The van der Waals surface area contributed by atoms with Crippen LogP contribution in [0.2, 0.25) is 5.02 Å². The van der Waals surface area contributed by atoms with E-state index in [4.69, 9.17) is 17.3 Å². The fraction of sp³-hybridized carbons (Fsp3) is 0.474. The second-order valence-electron chi connectivity index (χ2n) is 7.23. The molecule has 0 saturated heterocycles. The van der Waals surface area contributed by atoms with E-state index in [-0.39, 0.29) is 11.8 Å². The van der Waals surface area contributed by atoms with Crippen LogP contribution in [0.4, 0.5) is 5.82 Å². The van der Waals surface area contributed by atoms with Crippen LogP contribution in [0.25, 0.3) is 0 Å². The lowest BCUT2D eigenvalue weighted by Gasteiger charge is -2.34. The summed E-state index contributed by atoms with van der Waals surface area (Å²) in [5, 5.41) is 8.28. The molecule has 1 aliphatic heterocycles. The summed E-state index contributed by atoms with van der Waals surface area (Å²) in [4.78, 5) is 12.3. The highest BCUT2D eigenvalue weighted by molar-refractivity contribution is 6.31. The van der Waals surface area contributed by atoms with Crippen LogP contribution < -0.4 is 11.1 Å². The molecule has 0 spiro atoms. The molecular weight excluding hydrogens is 336 g/mol. The molecule has 5 nitrogen and oxygen atoms in total. The first-order chi connectivity index (χ1) is 12.1. The zero-order valence-electron chi connectivity index (χ0n) is 14.1. The van der Waals surface area contributed by atoms with Gasteiger partial charge in [-0.25, -0.2) is 4.68 Å². The van der Waals surface area contributed by atoms with Crippen molar-refractivity contribution in [1.29, 1.82) is 0 Å². The third-order valence-corrected chi connectivity index (χ3v) is 5.96. The summed E-state index contributed by atoms with van der Waals surface area (Å²) in [6.07, 6.45) is 6.75. The average Bonchev–Trinajstić information content (AvgIpc) is 3.00. The molecule has 0 bridgehead atoms. The first kappa shape index (κ1) is 16.6. The summed E-state index contributed by atoms with van der Waals surface area (Å²) >= 11 is 6.28. The van der Waals surface area contributed by atoms with Gasteiger partial charge in [0.05, 0.1) is 12.7 Å². The molecule has 1 saturated carbocycles. The number of aromatic nitrogens is 2. The molecule has 132 valence electrons. The number of carbonyl (C=O) groups is 1. The van der Waals surface area contributed by atoms with Crippen molar-refractivity contribution in [2.75, 3.05) is 5.32 Å². The van der Waals surface area contributed by atoms with Crippen LogP contribution in [0, 0.1) is 5.92 Å². The highest BCUT2D eigenvalue weighted by Gasteiger charge is 2.35. The number of carbonyl (C=O) groups excluding carboxylic acids is 1. The van der Waals surface area contributed by atoms with Crippen LogP contribution in [0.15, 0.2) is 30.5 Å². The molecule has 6 heteroatoms. The number of benzene rings is 1. The minimum absolute atomic E-state index is 0.0771. The number of rotatable bonds is 3. The van der Waals surface area contributed by atoms with Crippen LogP contribution in [-0.4, -0.2) is 21.7 Å². The van der Waals surface area contributed by atoms with Crippen molar-refractivity contribution in [3.05, 3.63) is 46.6 Å². The smallest absolute Gasteiger partial charge is 0.226 e. The number of hydrogen-bond acceptors (Lipinski definition) is 3. The van der Waals surface area contributed by atoms with Crippen LogP contribution in [0.1, 0.15) is 49.1 Å². The van der Waals surface area contributed by atoms with Crippen molar-refractivity contribution in [3.8, 4) is 0 Å². The first-order valence-corrected chi connectivity index (χ1v) is 9.34. The minimum atomic E-state index is 0.0771. The molecule has 1 amide bonds. The summed E-state index contributed by atoms with van der Waals surface area (Å²) in [6, 6.07) is 8.05. The van der Waals surface area contributed by atoms with Gasteiger partial charge in [-0.15, -0.1) is 0 Å². The maximum absolute atomic E-state index is 12.3. The van der Waals surface area contributed by atoms with Crippen LogP contribution >= 0.6 is 11.6 Å². The number of fused-ring (bicyclic) bond motifs is 1. The quantitative estimate of drug-likeness (QED) is 0.881. The van der Waals surface area contributed by atoms with Crippen molar-refractivity contribution in [2.45, 2.75) is 50.6 Å². The minimum Gasteiger partial charge on any atom is -0.328 e. The molecular formula is C19H23ClN4O. The number of nitrogens with one attached hydrogen (secondary N) is 1. The first-order valence-electron chi connectivity index (χ1n) is 8.96. The van der Waals surface area contributed by atoms with Gasteiger partial charge in [-0.05, 0) is 43.2 Å². The van der Waals surface area contributed by atoms with Gasteiger partial charge in [-0.2, -0.15) is 5.10 Å². The van der Waals surface area contributed by atoms with Gasteiger partial charge >= 0.3 is 0 Å². The predicted octanol–water partition coefficient (Wildman–Crippen LogP) is 3.53. The maximum atomic E-state index is 12.3. The van der Waals surface area contributed by atoms with Gasteiger partial charge in [-0.1, -0.05) is 29.8 Å². The Bertz CT molecular complexity index is 779. The Morgan fingerprint density at radius 3 is 2.76 bits per heavy atom. The second-order valence-corrected chi connectivity index (χ2v) is 7.64. The van der Waals surface area contributed by atoms with Crippen molar-refractivity contribution < 1.29 is 4.79 Å². The third-order valence-electron chi connectivity index (χ3n) is 5.59. The number of nitrogens with two attached hydrogens (primary N) is 1. The average molecular weight is 359 g/mol. The lowest BCUT2D eigenvalue weighted by molar-refractivity contribution is -0.117. The summed E-state index contributed by atoms with van der Waals surface area (Å²) in [5.41, 5.74) is 8.20. The Hall–Kier alpha value is -1.85. The van der Waals surface area contributed by atoms with E-state index in [1.165, 1.54) is 0 Å². The van der Waals surface area contributed by atoms with E-state index in [9.17, 15) is 4.79 Å². The number of amides is 1. The zero-order valence-corrected chi connectivity index (χ0v) is 14.9. The molecule has 3 N–H and O–H groups in total. The molecule has 1 aromatic heterocycles. The van der Waals surface area contributed by atoms with E-state index < -0.39 is 0 Å². The van der Waals surface area contributed by atoms with Gasteiger partial charge in [0.2, 0.25) is 5.91 Å². The van der Waals surface area contributed by atoms with E-state index in [0.29, 0.717) is 29.9 Å². The second kappa shape index (κ2) is 6.81. The summed E-state index contributed by atoms with van der Waals surface area (Å²) < 4.78 is 1.86. The van der Waals surface area contributed by atoms with Crippen LogP contribution in [0.3, 0.4) is 0 Å². The van der Waals surface area contributed by atoms with Crippen LogP contribution in [0.5, 0.6) is 0 Å². The van der Waals surface area contributed by atoms with Crippen molar-refractivity contribution in [2.24, 2.45) is 11.7 Å². The molecule has 0 radical (unpaired) electrons. The SMILES string of the molecule is NC1CCC([C@H]2CC(=O)Nc3c2cnn3Cc2ccccc2Cl)CC1. The summed E-state index contributed by atoms with van der Waals surface area (Å²) in [6.45, 7) is 0.553. The zero-order chi connectivity index (χ0) is 17.4. The topological polar surface area (TPSA) is 72.9 Å². The third kappa shape index (κ3) is 3.31. The van der Waals surface area contributed by atoms with E-state index in [0.717, 1.165) is 42.6 Å². The van der Waals surface area contributed by atoms with Gasteiger partial charge in [0.1, 0.15) is 5.82 Å². The highest BCUT2D eigenvalue weighted by Crippen LogP contribution is 2.43. The Labute approximate surface area is 152 Å². The number of halogens is 1. The lowest BCUT2D eigenvalue weighted by Crippen LogP contribution is -2.33. The Morgan fingerprint density at radius 2 is 2.00 bits per heavy atom. The fourth-order valence-corrected chi connectivity index (χ4v) is 4.37. The fourth-order valence-electron chi connectivity index (χ4n) is 4.18.